The summed E-state index contributed by atoms with van der Waals surface area (Å²) in [5.74, 6) is 0. The molecule has 0 N–H and O–H groups in total. The van der Waals surface area contributed by atoms with Crippen LogP contribution in [0.25, 0.3) is 0 Å². The monoisotopic (exact) mass is 307 g/mol. The number of benzene rings is 1. The lowest BCUT2D eigenvalue weighted by Gasteiger charge is -2.16. The van der Waals surface area contributed by atoms with E-state index in [1.165, 1.54) is 17.7 Å². The minimum Gasteiger partial charge on any atom is -0.471 e. The van der Waals surface area contributed by atoms with Gasteiger partial charge < -0.3 is 4.74 Å². The van der Waals surface area contributed by atoms with E-state index in [0.29, 0.717) is 0 Å². The fourth-order valence-electron chi connectivity index (χ4n) is 2.08. The predicted molar refractivity (Wildman–Crippen MR) is 78.8 cm³/mol. The Morgan fingerprint density at radius 3 is 2.60 bits per heavy atom. The molecule has 2 atom stereocenters. The first-order valence-corrected chi connectivity index (χ1v) is 8.53. The number of sulfone groups is 1. The largest absolute Gasteiger partial charge is 0.471 e. The highest BCUT2D eigenvalue weighted by Crippen LogP contribution is 2.35. The van der Waals surface area contributed by atoms with Crippen molar-refractivity contribution < 1.29 is 13.2 Å². The third-order valence-corrected chi connectivity index (χ3v) is 6.03. The highest BCUT2D eigenvalue weighted by molar-refractivity contribution is 7.92. The Kier molecular flexibility index (Phi) is 3.35. The summed E-state index contributed by atoms with van der Waals surface area (Å²) in [6.07, 6.45) is 0.683. The number of thiophene rings is 1. The summed E-state index contributed by atoms with van der Waals surface area (Å²) in [4.78, 5) is 5.15. The van der Waals surface area contributed by atoms with Crippen LogP contribution >= 0.6 is 11.3 Å². The lowest BCUT2D eigenvalue weighted by molar-refractivity contribution is 0.231. The molecule has 4 nitrogen and oxygen atoms in total. The van der Waals surface area contributed by atoms with Gasteiger partial charge in [0.15, 0.2) is 12.5 Å². The number of ether oxygens (including phenoxy) is 1. The van der Waals surface area contributed by atoms with E-state index in [4.69, 9.17) is 4.74 Å². The number of nitrogens with zero attached hydrogens (tertiary/aromatic N) is 1. The minimum absolute atomic E-state index is 0.275. The third kappa shape index (κ3) is 2.25. The quantitative estimate of drug-likeness (QED) is 0.876. The van der Waals surface area contributed by atoms with Gasteiger partial charge in [0.25, 0.3) is 0 Å². The van der Waals surface area contributed by atoms with Crippen molar-refractivity contribution in [1.29, 1.82) is 0 Å². The summed E-state index contributed by atoms with van der Waals surface area (Å²) >= 11 is 1.47. The highest BCUT2D eigenvalue weighted by Gasteiger charge is 2.40. The van der Waals surface area contributed by atoms with E-state index in [1.807, 2.05) is 24.4 Å². The SMILES string of the molecule is Cc1ccc(S(=O)(=O)C2N=COC2c2cccs2)cc1. The number of hydrogen-bond acceptors (Lipinski definition) is 5. The average Bonchev–Trinajstić information content (AvgIpc) is 3.10. The van der Waals surface area contributed by atoms with Crippen LogP contribution in [-0.4, -0.2) is 20.2 Å². The topological polar surface area (TPSA) is 55.7 Å². The zero-order valence-corrected chi connectivity index (χ0v) is 12.4. The van der Waals surface area contributed by atoms with E-state index >= 15 is 0 Å². The van der Waals surface area contributed by atoms with Gasteiger partial charge >= 0.3 is 0 Å². The maximum absolute atomic E-state index is 12.7. The van der Waals surface area contributed by atoms with Gasteiger partial charge in [-0.1, -0.05) is 23.8 Å². The first kappa shape index (κ1) is 13.3. The second-order valence-electron chi connectivity index (χ2n) is 4.58. The second kappa shape index (κ2) is 5.03. The van der Waals surface area contributed by atoms with E-state index in [-0.39, 0.29) is 4.90 Å². The molecule has 0 radical (unpaired) electrons. The molecule has 2 aromatic rings. The molecule has 1 aromatic heterocycles. The van der Waals surface area contributed by atoms with Gasteiger partial charge in [0.2, 0.25) is 15.2 Å². The molecule has 0 aliphatic carbocycles. The Bertz CT molecular complexity index is 718. The van der Waals surface area contributed by atoms with E-state index in [2.05, 4.69) is 4.99 Å². The molecule has 0 saturated carbocycles. The zero-order valence-electron chi connectivity index (χ0n) is 10.8. The second-order valence-corrected chi connectivity index (χ2v) is 7.60. The molecule has 104 valence electrons. The van der Waals surface area contributed by atoms with Gasteiger partial charge in [-0.15, -0.1) is 11.3 Å². The number of aliphatic imine (C=N–C) groups is 1. The molecule has 0 saturated heterocycles. The van der Waals surface area contributed by atoms with Crippen LogP contribution in [0.4, 0.5) is 0 Å². The molecule has 2 unspecified atom stereocenters. The van der Waals surface area contributed by atoms with Gasteiger partial charge in [-0.25, -0.2) is 13.4 Å². The van der Waals surface area contributed by atoms with Crippen LogP contribution in [0.1, 0.15) is 16.5 Å². The zero-order chi connectivity index (χ0) is 14.2. The van der Waals surface area contributed by atoms with Crippen LogP contribution in [0.5, 0.6) is 0 Å². The van der Waals surface area contributed by atoms with Crippen molar-refractivity contribution in [2.45, 2.75) is 23.3 Å². The predicted octanol–water partition coefficient (Wildman–Crippen LogP) is 2.96. The van der Waals surface area contributed by atoms with Crippen molar-refractivity contribution in [2.24, 2.45) is 4.99 Å². The van der Waals surface area contributed by atoms with Crippen molar-refractivity contribution in [2.75, 3.05) is 0 Å². The molecule has 0 amide bonds. The summed E-state index contributed by atoms with van der Waals surface area (Å²) in [7, 11) is -3.55. The number of hydrogen-bond donors (Lipinski definition) is 0. The molecule has 2 heterocycles. The van der Waals surface area contributed by atoms with Gasteiger partial charge in [-0.2, -0.15) is 0 Å². The molecule has 20 heavy (non-hydrogen) atoms. The Morgan fingerprint density at radius 2 is 1.95 bits per heavy atom. The first-order valence-electron chi connectivity index (χ1n) is 6.10. The van der Waals surface area contributed by atoms with Gasteiger partial charge in [0, 0.05) is 4.88 Å². The molecular weight excluding hydrogens is 294 g/mol. The maximum Gasteiger partial charge on any atom is 0.205 e. The summed E-state index contributed by atoms with van der Waals surface area (Å²) in [6, 6.07) is 10.5. The van der Waals surface area contributed by atoms with Gasteiger partial charge in [-0.05, 0) is 30.5 Å². The van der Waals surface area contributed by atoms with Crippen LogP contribution in [0.15, 0.2) is 51.7 Å². The Hall–Kier alpha value is -1.66. The van der Waals surface area contributed by atoms with E-state index < -0.39 is 21.3 Å². The number of aryl methyl sites for hydroxylation is 1. The van der Waals surface area contributed by atoms with Gasteiger partial charge in [0.1, 0.15) is 0 Å². The Morgan fingerprint density at radius 1 is 1.20 bits per heavy atom. The van der Waals surface area contributed by atoms with Crippen LogP contribution < -0.4 is 0 Å². The molecule has 3 rings (SSSR count). The average molecular weight is 307 g/mol. The smallest absolute Gasteiger partial charge is 0.205 e. The van der Waals surface area contributed by atoms with Crippen molar-refractivity contribution in [1.82, 2.24) is 0 Å². The van der Waals surface area contributed by atoms with Crippen LogP contribution in [0.2, 0.25) is 0 Å². The minimum atomic E-state index is -3.55. The highest BCUT2D eigenvalue weighted by atomic mass is 32.2. The fourth-order valence-corrected chi connectivity index (χ4v) is 4.49. The van der Waals surface area contributed by atoms with Gasteiger partial charge in [-0.3, -0.25) is 0 Å². The molecule has 1 aliphatic heterocycles. The molecular formula is C14H13NO3S2. The van der Waals surface area contributed by atoms with Crippen LogP contribution in [-0.2, 0) is 14.6 Å². The van der Waals surface area contributed by atoms with Crippen molar-refractivity contribution in [3.63, 3.8) is 0 Å². The molecule has 1 aliphatic rings. The number of rotatable bonds is 3. The normalized spacial score (nSPS) is 21.9. The molecule has 0 spiro atoms. The maximum atomic E-state index is 12.7. The lowest BCUT2D eigenvalue weighted by atomic mass is 10.2. The lowest BCUT2D eigenvalue weighted by Crippen LogP contribution is -2.24. The van der Waals surface area contributed by atoms with Gasteiger partial charge in [0.05, 0.1) is 4.90 Å². The van der Waals surface area contributed by atoms with Crippen LogP contribution in [0, 0.1) is 6.92 Å². The molecule has 0 bridgehead atoms. The van der Waals surface area contributed by atoms with E-state index in [0.717, 1.165) is 10.4 Å². The van der Waals surface area contributed by atoms with E-state index in [1.54, 1.807) is 24.3 Å². The summed E-state index contributed by atoms with van der Waals surface area (Å²) < 4.78 is 30.7. The first-order chi connectivity index (χ1) is 9.59. The Balaban J connectivity index is 1.98. The standard InChI is InChI=1S/C14H13NO3S2/c1-10-4-6-11(7-5-10)20(16,17)14-13(18-9-15-14)12-3-2-8-19-12/h2-9,13-14H,1H3. The fraction of sp³-hybridized carbons (Fsp3) is 0.214. The van der Waals surface area contributed by atoms with Crippen molar-refractivity contribution >= 4 is 27.6 Å². The summed E-state index contributed by atoms with van der Waals surface area (Å²) in [5.41, 5.74) is 1.02. The third-order valence-electron chi connectivity index (χ3n) is 3.17. The molecule has 0 fully saturated rings. The summed E-state index contributed by atoms with van der Waals surface area (Å²) in [5, 5.41) is 0.982. The summed E-state index contributed by atoms with van der Waals surface area (Å²) in [6.45, 7) is 1.92. The molecule has 1 aromatic carbocycles. The van der Waals surface area contributed by atoms with E-state index in [9.17, 15) is 8.42 Å². The van der Waals surface area contributed by atoms with Crippen molar-refractivity contribution in [3.05, 3.63) is 52.2 Å². The van der Waals surface area contributed by atoms with Crippen LogP contribution in [0.3, 0.4) is 0 Å². The Labute approximate surface area is 121 Å². The molecule has 6 heteroatoms. The van der Waals surface area contributed by atoms with Crippen molar-refractivity contribution in [3.8, 4) is 0 Å².